The first-order valence-corrected chi connectivity index (χ1v) is 8.11. The zero-order valence-electron chi connectivity index (χ0n) is 13.2. The maximum Gasteiger partial charge on any atom is 0.0665 e. The fourth-order valence-corrected chi connectivity index (χ4v) is 3.11. The third kappa shape index (κ3) is 4.32. The second-order valence-corrected chi connectivity index (χ2v) is 6.18. The molecule has 112 valence electrons. The molecule has 0 aromatic heterocycles. The van der Waals surface area contributed by atoms with E-state index >= 15 is 0 Å². The molecule has 0 heterocycles. The Morgan fingerprint density at radius 3 is 2.55 bits per heavy atom. The summed E-state index contributed by atoms with van der Waals surface area (Å²) in [5.41, 5.74) is 2.72. The molecule has 20 heavy (non-hydrogen) atoms. The molecule has 1 aromatic rings. The summed E-state index contributed by atoms with van der Waals surface area (Å²) < 4.78 is 6.19. The van der Waals surface area contributed by atoms with E-state index < -0.39 is 0 Å². The second-order valence-electron chi connectivity index (χ2n) is 6.18. The van der Waals surface area contributed by atoms with Crippen molar-refractivity contribution in [2.45, 2.75) is 58.6 Å². The van der Waals surface area contributed by atoms with E-state index in [1.54, 1.807) is 0 Å². The van der Waals surface area contributed by atoms with E-state index in [-0.39, 0.29) is 0 Å². The van der Waals surface area contributed by atoms with Crippen molar-refractivity contribution < 1.29 is 4.74 Å². The Labute approximate surface area is 123 Å². The van der Waals surface area contributed by atoms with E-state index in [1.165, 1.54) is 36.8 Å². The third-order valence-corrected chi connectivity index (χ3v) is 4.48. The smallest absolute Gasteiger partial charge is 0.0665 e. The summed E-state index contributed by atoms with van der Waals surface area (Å²) in [6.45, 7) is 8.46. The van der Waals surface area contributed by atoms with Gasteiger partial charge in [-0.2, -0.15) is 0 Å². The molecule has 0 aliphatic heterocycles. The van der Waals surface area contributed by atoms with Crippen molar-refractivity contribution in [3.05, 3.63) is 35.4 Å². The second kappa shape index (κ2) is 7.80. The van der Waals surface area contributed by atoms with Gasteiger partial charge in [0.2, 0.25) is 0 Å². The van der Waals surface area contributed by atoms with Gasteiger partial charge in [0.05, 0.1) is 18.8 Å². The van der Waals surface area contributed by atoms with Gasteiger partial charge in [-0.1, -0.05) is 38.1 Å². The quantitative estimate of drug-likeness (QED) is 0.838. The van der Waals surface area contributed by atoms with Crippen LogP contribution < -0.4 is 5.32 Å². The van der Waals surface area contributed by atoms with Gasteiger partial charge < -0.3 is 10.1 Å². The van der Waals surface area contributed by atoms with Gasteiger partial charge in [0.25, 0.3) is 0 Å². The van der Waals surface area contributed by atoms with Crippen LogP contribution in [0.2, 0.25) is 0 Å². The summed E-state index contributed by atoms with van der Waals surface area (Å²) in [5.74, 6) is 0.885. The Kier molecular flexibility index (Phi) is 6.06. The topological polar surface area (TPSA) is 21.3 Å². The summed E-state index contributed by atoms with van der Waals surface area (Å²) >= 11 is 0. The molecule has 1 atom stereocenters. The van der Waals surface area contributed by atoms with Gasteiger partial charge in [0.1, 0.15) is 0 Å². The number of benzene rings is 1. The van der Waals surface area contributed by atoms with Crippen LogP contribution in [0.25, 0.3) is 0 Å². The first kappa shape index (κ1) is 15.5. The number of likely N-dealkylation sites (N-methyl/N-ethyl adjacent to an activating group) is 1. The van der Waals surface area contributed by atoms with Gasteiger partial charge in [-0.15, -0.1) is 0 Å². The van der Waals surface area contributed by atoms with Crippen molar-refractivity contribution in [1.82, 2.24) is 5.32 Å². The molecular formula is C18H29NO. The van der Waals surface area contributed by atoms with Crippen molar-refractivity contribution >= 4 is 0 Å². The molecule has 1 N–H and O–H groups in total. The highest BCUT2D eigenvalue weighted by Gasteiger charge is 2.20. The van der Waals surface area contributed by atoms with Crippen LogP contribution >= 0.6 is 0 Å². The van der Waals surface area contributed by atoms with E-state index in [1.807, 2.05) is 0 Å². The number of hydrogen-bond donors (Lipinski definition) is 1. The van der Waals surface area contributed by atoms with Crippen molar-refractivity contribution in [1.29, 1.82) is 0 Å². The molecular weight excluding hydrogens is 246 g/mol. The van der Waals surface area contributed by atoms with Crippen LogP contribution in [-0.2, 0) is 4.74 Å². The molecule has 2 rings (SSSR count). The van der Waals surface area contributed by atoms with E-state index in [9.17, 15) is 0 Å². The first-order chi connectivity index (χ1) is 9.70. The number of ether oxygens (including phenoxy) is 1. The Morgan fingerprint density at radius 1 is 1.20 bits per heavy atom. The highest BCUT2D eigenvalue weighted by Crippen LogP contribution is 2.27. The van der Waals surface area contributed by atoms with Gasteiger partial charge in [0.15, 0.2) is 0 Å². The minimum absolute atomic E-state index is 0.320. The minimum Gasteiger partial charge on any atom is -0.376 e. The van der Waals surface area contributed by atoms with Crippen LogP contribution in [-0.4, -0.2) is 19.3 Å². The van der Waals surface area contributed by atoms with Crippen LogP contribution in [0, 0.1) is 12.8 Å². The average molecular weight is 275 g/mol. The molecule has 2 heteroatoms. The molecule has 1 fully saturated rings. The van der Waals surface area contributed by atoms with Crippen molar-refractivity contribution in [3.8, 4) is 0 Å². The van der Waals surface area contributed by atoms with Crippen LogP contribution in [0.4, 0.5) is 0 Å². The molecule has 1 aliphatic carbocycles. The van der Waals surface area contributed by atoms with Crippen LogP contribution in [0.3, 0.4) is 0 Å². The molecule has 0 radical (unpaired) electrons. The predicted octanol–water partition coefficient (Wildman–Crippen LogP) is 4.24. The van der Waals surface area contributed by atoms with Crippen molar-refractivity contribution in [2.75, 3.05) is 13.2 Å². The fraction of sp³-hybridized carbons (Fsp3) is 0.667. The summed E-state index contributed by atoms with van der Waals surface area (Å²) in [6.07, 6.45) is 5.57. The molecule has 1 aromatic carbocycles. The molecule has 1 unspecified atom stereocenters. The average Bonchev–Trinajstić information content (AvgIpc) is 2.46. The summed E-state index contributed by atoms with van der Waals surface area (Å²) in [6, 6.07) is 8.94. The number of hydrogen-bond acceptors (Lipinski definition) is 2. The van der Waals surface area contributed by atoms with E-state index in [4.69, 9.17) is 4.74 Å². The molecule has 2 nitrogen and oxygen atoms in total. The van der Waals surface area contributed by atoms with Gasteiger partial charge in [0, 0.05) is 0 Å². The molecule has 0 saturated heterocycles. The Balaban J connectivity index is 1.91. The molecule has 0 spiro atoms. The first-order valence-electron chi connectivity index (χ1n) is 8.11. The largest absolute Gasteiger partial charge is 0.376 e. The lowest BCUT2D eigenvalue weighted by atomic mass is 9.89. The zero-order chi connectivity index (χ0) is 14.4. The summed E-state index contributed by atoms with van der Waals surface area (Å²) in [7, 11) is 0. The third-order valence-electron chi connectivity index (χ3n) is 4.48. The normalized spacial score (nSPS) is 24.6. The molecule has 0 amide bonds. The van der Waals surface area contributed by atoms with Crippen LogP contribution in [0.5, 0.6) is 0 Å². The van der Waals surface area contributed by atoms with Gasteiger partial charge in [-0.05, 0) is 56.2 Å². The lowest BCUT2D eigenvalue weighted by Crippen LogP contribution is -2.29. The minimum atomic E-state index is 0.320. The van der Waals surface area contributed by atoms with Crippen molar-refractivity contribution in [2.24, 2.45) is 5.92 Å². The molecule has 1 saturated carbocycles. The number of aryl methyl sites for hydroxylation is 1. The Morgan fingerprint density at radius 2 is 1.90 bits per heavy atom. The van der Waals surface area contributed by atoms with E-state index in [2.05, 4.69) is 50.4 Å². The van der Waals surface area contributed by atoms with E-state index in [0.29, 0.717) is 12.1 Å². The van der Waals surface area contributed by atoms with Crippen LogP contribution in [0.1, 0.15) is 56.7 Å². The summed E-state index contributed by atoms with van der Waals surface area (Å²) in [4.78, 5) is 0. The SMILES string of the molecule is CCNC(COC1CCC(C)CC1)c1ccccc1C. The van der Waals surface area contributed by atoms with Crippen LogP contribution in [0.15, 0.2) is 24.3 Å². The Bertz CT molecular complexity index is 396. The maximum atomic E-state index is 6.19. The van der Waals surface area contributed by atoms with Gasteiger partial charge in [-0.3, -0.25) is 0 Å². The fourth-order valence-electron chi connectivity index (χ4n) is 3.11. The highest BCUT2D eigenvalue weighted by atomic mass is 16.5. The standard InChI is InChI=1S/C18H29NO/c1-4-19-18(17-8-6-5-7-15(17)3)13-20-16-11-9-14(2)10-12-16/h5-8,14,16,18-19H,4,9-13H2,1-3H3. The highest BCUT2D eigenvalue weighted by molar-refractivity contribution is 5.28. The number of nitrogens with one attached hydrogen (secondary N) is 1. The lowest BCUT2D eigenvalue weighted by Gasteiger charge is -2.29. The number of rotatable bonds is 6. The maximum absolute atomic E-state index is 6.19. The van der Waals surface area contributed by atoms with Crippen molar-refractivity contribution in [3.63, 3.8) is 0 Å². The lowest BCUT2D eigenvalue weighted by molar-refractivity contribution is 0.00801. The molecule has 1 aliphatic rings. The predicted molar refractivity (Wildman–Crippen MR) is 85.0 cm³/mol. The molecule has 0 bridgehead atoms. The van der Waals surface area contributed by atoms with Gasteiger partial charge >= 0.3 is 0 Å². The monoisotopic (exact) mass is 275 g/mol. The zero-order valence-corrected chi connectivity index (χ0v) is 13.2. The Hall–Kier alpha value is -0.860. The summed E-state index contributed by atoms with van der Waals surface area (Å²) in [5, 5.41) is 3.56. The van der Waals surface area contributed by atoms with Gasteiger partial charge in [-0.25, -0.2) is 0 Å². The van der Waals surface area contributed by atoms with E-state index in [0.717, 1.165) is 19.1 Å².